The van der Waals surface area contributed by atoms with E-state index in [9.17, 15) is 19.2 Å². The maximum Gasteiger partial charge on any atom is 0.322 e. The molecule has 4 N–H and O–H groups in total. The van der Waals surface area contributed by atoms with Crippen LogP contribution in [0.5, 0.6) is 0 Å². The van der Waals surface area contributed by atoms with Crippen molar-refractivity contribution < 1.29 is 24.3 Å². The second-order valence-corrected chi connectivity index (χ2v) is 11.7. The highest BCUT2D eigenvalue weighted by molar-refractivity contribution is 5.95. The molecule has 3 amide bonds. The lowest BCUT2D eigenvalue weighted by Crippen LogP contribution is -2.61. The van der Waals surface area contributed by atoms with Crippen LogP contribution in [0.2, 0.25) is 0 Å². The Morgan fingerprint density at radius 3 is 2.00 bits per heavy atom. The molecule has 0 aliphatic rings. The number of hydrogen-bond acceptors (Lipinski definition) is 5. The molecule has 1 aromatic rings. The van der Waals surface area contributed by atoms with Gasteiger partial charge in [-0.2, -0.15) is 0 Å². The molecule has 0 spiro atoms. The van der Waals surface area contributed by atoms with Crippen LogP contribution in [0.3, 0.4) is 0 Å². The first-order valence-electron chi connectivity index (χ1n) is 12.9. The number of nitrogens with zero attached hydrogens (tertiary/aromatic N) is 1. The molecule has 1 rings (SSSR count). The quantitative estimate of drug-likeness (QED) is 0.308. The number of nitrogens with one attached hydrogen (secondary N) is 3. The number of likely N-dealkylation sites (N-methyl/N-ethyl adjacent to an activating group) is 2. The van der Waals surface area contributed by atoms with Crippen molar-refractivity contribution in [1.29, 1.82) is 0 Å². The van der Waals surface area contributed by atoms with E-state index in [4.69, 9.17) is 5.11 Å². The third-order valence-corrected chi connectivity index (χ3v) is 6.85. The Morgan fingerprint density at radius 1 is 1.00 bits per heavy atom. The maximum atomic E-state index is 13.9. The van der Waals surface area contributed by atoms with Crippen LogP contribution in [0.4, 0.5) is 0 Å². The molecule has 38 heavy (non-hydrogen) atoms. The molecule has 3 atom stereocenters. The molecule has 0 fully saturated rings. The summed E-state index contributed by atoms with van der Waals surface area (Å²) in [7, 11) is 3.38. The zero-order valence-electron chi connectivity index (χ0n) is 24.5. The average Bonchev–Trinajstić information content (AvgIpc) is 2.83. The molecule has 9 nitrogen and oxygen atoms in total. The van der Waals surface area contributed by atoms with Crippen LogP contribution in [0.1, 0.15) is 61.0 Å². The predicted molar refractivity (Wildman–Crippen MR) is 149 cm³/mol. The number of carboxylic acid groups (broad SMARTS) is 1. The van der Waals surface area contributed by atoms with Gasteiger partial charge in [0.05, 0.1) is 12.1 Å². The summed E-state index contributed by atoms with van der Waals surface area (Å²) in [6.45, 7) is 14.6. The molecule has 212 valence electrons. The second-order valence-electron chi connectivity index (χ2n) is 11.7. The van der Waals surface area contributed by atoms with E-state index in [1.807, 2.05) is 78.8 Å². The number of rotatable bonds is 12. The van der Waals surface area contributed by atoms with Gasteiger partial charge in [0, 0.05) is 18.0 Å². The Morgan fingerprint density at radius 2 is 1.55 bits per heavy atom. The molecule has 1 aromatic carbocycles. The van der Waals surface area contributed by atoms with Crippen LogP contribution in [0.15, 0.2) is 42.0 Å². The van der Waals surface area contributed by atoms with Crippen molar-refractivity contribution in [1.82, 2.24) is 20.9 Å². The van der Waals surface area contributed by atoms with Crippen LogP contribution in [0.25, 0.3) is 0 Å². The predicted octanol–water partition coefficient (Wildman–Crippen LogP) is 2.71. The van der Waals surface area contributed by atoms with E-state index in [0.717, 1.165) is 5.56 Å². The van der Waals surface area contributed by atoms with Gasteiger partial charge < -0.3 is 26.0 Å². The standard InChI is InChI=1S/C29H46N4O5/c1-18(2)21(16-19(3)25(36)31-17-22(34)35)33(10)27(38)24(28(4,5)6)32-26(37)23(30-9)29(7,8)20-14-12-11-13-15-20/h11-16,18,21,23-24,30H,17H2,1-10H3,(H,31,36)(H,32,37)(H,34,35)/t21-,23-,24-/m1/s1. The van der Waals surface area contributed by atoms with Gasteiger partial charge in [-0.15, -0.1) is 0 Å². The minimum Gasteiger partial charge on any atom is -0.480 e. The maximum absolute atomic E-state index is 13.9. The number of benzene rings is 1. The molecule has 9 heteroatoms. The normalized spacial score (nSPS) is 14.9. The first kappa shape index (κ1) is 32.8. The van der Waals surface area contributed by atoms with E-state index in [0.29, 0.717) is 5.57 Å². The summed E-state index contributed by atoms with van der Waals surface area (Å²) in [6, 6.07) is 7.85. The van der Waals surface area contributed by atoms with Gasteiger partial charge in [0.25, 0.3) is 0 Å². The van der Waals surface area contributed by atoms with Crippen molar-refractivity contribution in [2.24, 2.45) is 11.3 Å². The average molecular weight is 531 g/mol. The second kappa shape index (κ2) is 13.6. The van der Waals surface area contributed by atoms with Crippen LogP contribution < -0.4 is 16.0 Å². The Hall–Kier alpha value is -3.20. The smallest absolute Gasteiger partial charge is 0.322 e. The lowest BCUT2D eigenvalue weighted by molar-refractivity contribution is -0.140. The number of carbonyl (C=O) groups is 4. The molecular formula is C29H46N4O5. The highest BCUT2D eigenvalue weighted by atomic mass is 16.4. The molecule has 0 aliphatic carbocycles. The Balaban J connectivity index is 3.26. The van der Waals surface area contributed by atoms with E-state index in [1.165, 1.54) is 0 Å². The van der Waals surface area contributed by atoms with Crippen LogP contribution in [0, 0.1) is 11.3 Å². The van der Waals surface area contributed by atoms with Gasteiger partial charge in [-0.25, -0.2) is 0 Å². The van der Waals surface area contributed by atoms with E-state index in [2.05, 4.69) is 16.0 Å². The lowest BCUT2D eigenvalue weighted by Gasteiger charge is -2.40. The number of amides is 3. The molecule has 0 radical (unpaired) electrons. The van der Waals surface area contributed by atoms with Crippen molar-refractivity contribution in [3.05, 3.63) is 47.5 Å². The van der Waals surface area contributed by atoms with Gasteiger partial charge in [0.1, 0.15) is 12.6 Å². The zero-order chi connectivity index (χ0) is 29.4. The lowest BCUT2D eigenvalue weighted by atomic mass is 9.76. The van der Waals surface area contributed by atoms with Crippen molar-refractivity contribution in [2.75, 3.05) is 20.6 Å². The topological polar surface area (TPSA) is 128 Å². The van der Waals surface area contributed by atoms with Crippen molar-refractivity contribution in [3.63, 3.8) is 0 Å². The van der Waals surface area contributed by atoms with Crippen molar-refractivity contribution in [3.8, 4) is 0 Å². The van der Waals surface area contributed by atoms with Crippen molar-refractivity contribution in [2.45, 2.75) is 78.9 Å². The van der Waals surface area contributed by atoms with Crippen molar-refractivity contribution >= 4 is 23.7 Å². The number of hydrogen-bond donors (Lipinski definition) is 4. The summed E-state index contributed by atoms with van der Waals surface area (Å²) < 4.78 is 0. The van der Waals surface area contributed by atoms with Gasteiger partial charge >= 0.3 is 5.97 Å². The minimum absolute atomic E-state index is 0.0513. The molecule has 0 aliphatic heterocycles. The first-order valence-corrected chi connectivity index (χ1v) is 12.9. The van der Waals surface area contributed by atoms with Gasteiger partial charge in [-0.05, 0) is 30.9 Å². The van der Waals surface area contributed by atoms with Gasteiger partial charge in [0.15, 0.2) is 0 Å². The fourth-order valence-electron chi connectivity index (χ4n) is 4.46. The fraction of sp³-hybridized carbons (Fsp3) is 0.586. The zero-order valence-corrected chi connectivity index (χ0v) is 24.5. The molecule has 0 unspecified atom stereocenters. The highest BCUT2D eigenvalue weighted by Crippen LogP contribution is 2.29. The summed E-state index contributed by atoms with van der Waals surface area (Å²) >= 11 is 0. The van der Waals surface area contributed by atoms with Gasteiger partial charge in [0.2, 0.25) is 17.7 Å². The van der Waals surface area contributed by atoms with Gasteiger partial charge in [-0.3, -0.25) is 19.2 Å². The first-order chi connectivity index (χ1) is 17.4. The van der Waals surface area contributed by atoms with E-state index >= 15 is 0 Å². The third kappa shape index (κ3) is 8.68. The Labute approximate surface area is 227 Å². The molecule has 0 saturated heterocycles. The summed E-state index contributed by atoms with van der Waals surface area (Å²) in [6.07, 6.45) is 1.66. The Bertz CT molecular complexity index is 1010. The van der Waals surface area contributed by atoms with E-state index in [-0.39, 0.29) is 17.7 Å². The van der Waals surface area contributed by atoms with Gasteiger partial charge in [-0.1, -0.05) is 84.9 Å². The van der Waals surface area contributed by atoms with Crippen LogP contribution >= 0.6 is 0 Å². The van der Waals surface area contributed by atoms with E-state index in [1.54, 1.807) is 32.0 Å². The Kier molecular flexibility index (Phi) is 11.7. The number of aliphatic carboxylic acids is 1. The minimum atomic E-state index is -1.14. The van der Waals surface area contributed by atoms with E-state index < -0.39 is 47.4 Å². The number of carbonyl (C=O) groups excluding carboxylic acids is 3. The third-order valence-electron chi connectivity index (χ3n) is 6.85. The number of carboxylic acids is 1. The van der Waals surface area contributed by atoms with Crippen LogP contribution in [-0.2, 0) is 24.6 Å². The highest BCUT2D eigenvalue weighted by Gasteiger charge is 2.41. The molecule has 0 heterocycles. The summed E-state index contributed by atoms with van der Waals surface area (Å²) in [5, 5.41) is 17.3. The molecule has 0 saturated carbocycles. The summed E-state index contributed by atoms with van der Waals surface area (Å²) in [5.74, 6) is -2.28. The monoisotopic (exact) mass is 530 g/mol. The fourth-order valence-corrected chi connectivity index (χ4v) is 4.46. The largest absolute Gasteiger partial charge is 0.480 e. The molecule has 0 bridgehead atoms. The van der Waals surface area contributed by atoms with Crippen LogP contribution in [-0.4, -0.2) is 72.5 Å². The summed E-state index contributed by atoms with van der Waals surface area (Å²) in [4.78, 5) is 52.2. The molecule has 0 aromatic heterocycles. The summed E-state index contributed by atoms with van der Waals surface area (Å²) in [5.41, 5.74) is 0.143. The molecular weight excluding hydrogens is 484 g/mol. The SMILES string of the molecule is CN[C@H](C(=O)N[C@H](C(=O)N(C)[C@H](C=C(C)C(=O)NCC(=O)O)C(C)C)C(C)(C)C)C(C)(C)c1ccccc1.